The zero-order valence-corrected chi connectivity index (χ0v) is 10.1. The third kappa shape index (κ3) is 3.05. The standard InChI is InChI=1S/C13H21NO/c1-5-14-8-12(15)13-10(3)6-9(2)7-11(13)4/h6-7,12,14-15H,5,8H2,1-4H3. The molecule has 0 aliphatic heterocycles. The quantitative estimate of drug-likeness (QED) is 0.793. The molecule has 1 atom stereocenters. The van der Waals surface area contributed by atoms with Crippen LogP contribution in [0.4, 0.5) is 0 Å². The minimum absolute atomic E-state index is 0.398. The van der Waals surface area contributed by atoms with Gasteiger partial charge in [-0.1, -0.05) is 24.6 Å². The van der Waals surface area contributed by atoms with Gasteiger partial charge in [0.25, 0.3) is 0 Å². The first-order chi connectivity index (χ1) is 7.06. The van der Waals surface area contributed by atoms with E-state index in [-0.39, 0.29) is 0 Å². The average molecular weight is 207 g/mol. The Balaban J connectivity index is 2.92. The van der Waals surface area contributed by atoms with E-state index in [4.69, 9.17) is 0 Å². The van der Waals surface area contributed by atoms with Gasteiger partial charge in [0.1, 0.15) is 0 Å². The molecular formula is C13H21NO. The molecule has 0 saturated carbocycles. The van der Waals surface area contributed by atoms with Crippen LogP contribution in [0.25, 0.3) is 0 Å². The number of aliphatic hydroxyl groups excluding tert-OH is 1. The molecule has 0 spiro atoms. The van der Waals surface area contributed by atoms with E-state index in [1.54, 1.807) is 0 Å². The van der Waals surface area contributed by atoms with Crippen molar-refractivity contribution in [3.63, 3.8) is 0 Å². The first-order valence-corrected chi connectivity index (χ1v) is 5.52. The molecule has 0 aliphatic rings. The van der Waals surface area contributed by atoms with Crippen LogP contribution in [-0.4, -0.2) is 18.2 Å². The molecule has 0 bridgehead atoms. The molecule has 0 saturated heterocycles. The van der Waals surface area contributed by atoms with E-state index in [0.717, 1.165) is 12.1 Å². The molecule has 2 heteroatoms. The third-order valence-corrected chi connectivity index (χ3v) is 2.66. The first-order valence-electron chi connectivity index (χ1n) is 5.52. The van der Waals surface area contributed by atoms with Crippen molar-refractivity contribution < 1.29 is 5.11 Å². The van der Waals surface area contributed by atoms with Gasteiger partial charge in [0.2, 0.25) is 0 Å². The zero-order valence-electron chi connectivity index (χ0n) is 10.1. The maximum Gasteiger partial charge on any atom is 0.0919 e. The van der Waals surface area contributed by atoms with Crippen molar-refractivity contribution in [1.29, 1.82) is 0 Å². The lowest BCUT2D eigenvalue weighted by atomic mass is 9.95. The Bertz CT molecular complexity index is 310. The molecule has 0 aromatic heterocycles. The van der Waals surface area contributed by atoms with Gasteiger partial charge in [0.05, 0.1) is 6.10 Å². The van der Waals surface area contributed by atoms with E-state index >= 15 is 0 Å². The van der Waals surface area contributed by atoms with Gasteiger partial charge in [0, 0.05) is 6.54 Å². The van der Waals surface area contributed by atoms with E-state index in [1.165, 1.54) is 16.7 Å². The van der Waals surface area contributed by atoms with Crippen LogP contribution >= 0.6 is 0 Å². The maximum atomic E-state index is 10.0. The maximum absolute atomic E-state index is 10.0. The van der Waals surface area contributed by atoms with Crippen molar-refractivity contribution in [2.45, 2.75) is 33.8 Å². The molecule has 2 nitrogen and oxygen atoms in total. The number of nitrogens with one attached hydrogen (secondary N) is 1. The highest BCUT2D eigenvalue weighted by Crippen LogP contribution is 2.22. The van der Waals surface area contributed by atoms with E-state index in [0.29, 0.717) is 6.54 Å². The molecule has 0 amide bonds. The Kier molecular flexibility index (Phi) is 4.30. The molecular weight excluding hydrogens is 186 g/mol. The number of rotatable bonds is 4. The van der Waals surface area contributed by atoms with Crippen molar-refractivity contribution in [3.8, 4) is 0 Å². The van der Waals surface area contributed by atoms with Gasteiger partial charge in [-0.3, -0.25) is 0 Å². The van der Waals surface area contributed by atoms with Crippen LogP contribution in [0.1, 0.15) is 35.3 Å². The summed E-state index contributed by atoms with van der Waals surface area (Å²) in [5, 5.41) is 13.2. The summed E-state index contributed by atoms with van der Waals surface area (Å²) >= 11 is 0. The summed E-state index contributed by atoms with van der Waals surface area (Å²) in [4.78, 5) is 0. The molecule has 1 aromatic rings. The van der Waals surface area contributed by atoms with Crippen molar-refractivity contribution in [2.24, 2.45) is 0 Å². The topological polar surface area (TPSA) is 32.3 Å². The number of aliphatic hydroxyl groups is 1. The minimum Gasteiger partial charge on any atom is -0.387 e. The normalized spacial score (nSPS) is 12.9. The smallest absolute Gasteiger partial charge is 0.0919 e. The van der Waals surface area contributed by atoms with Crippen molar-refractivity contribution in [3.05, 3.63) is 34.4 Å². The van der Waals surface area contributed by atoms with Crippen LogP contribution in [0.5, 0.6) is 0 Å². The van der Waals surface area contributed by atoms with Gasteiger partial charge in [-0.05, 0) is 44.0 Å². The summed E-state index contributed by atoms with van der Waals surface area (Å²) in [5.74, 6) is 0. The summed E-state index contributed by atoms with van der Waals surface area (Å²) in [5.41, 5.74) is 4.68. The second kappa shape index (κ2) is 5.29. The lowest BCUT2D eigenvalue weighted by Crippen LogP contribution is -2.22. The van der Waals surface area contributed by atoms with E-state index in [1.807, 2.05) is 6.92 Å². The van der Waals surface area contributed by atoms with Crippen molar-refractivity contribution in [2.75, 3.05) is 13.1 Å². The Morgan fingerprint density at radius 2 is 1.73 bits per heavy atom. The summed E-state index contributed by atoms with van der Waals surface area (Å²) in [6, 6.07) is 4.25. The molecule has 0 heterocycles. The van der Waals surface area contributed by atoms with Crippen LogP contribution in [0.15, 0.2) is 12.1 Å². The van der Waals surface area contributed by atoms with E-state index in [9.17, 15) is 5.11 Å². The Hall–Kier alpha value is -0.860. The molecule has 84 valence electrons. The number of likely N-dealkylation sites (N-methyl/N-ethyl adjacent to an activating group) is 1. The van der Waals surface area contributed by atoms with Crippen LogP contribution in [0.3, 0.4) is 0 Å². The number of aryl methyl sites for hydroxylation is 3. The lowest BCUT2D eigenvalue weighted by molar-refractivity contribution is 0.174. The van der Waals surface area contributed by atoms with Gasteiger partial charge < -0.3 is 10.4 Å². The fraction of sp³-hybridized carbons (Fsp3) is 0.538. The molecule has 1 rings (SSSR count). The Morgan fingerprint density at radius 3 is 2.20 bits per heavy atom. The highest BCUT2D eigenvalue weighted by molar-refractivity contribution is 5.39. The molecule has 0 aliphatic carbocycles. The molecule has 1 aromatic carbocycles. The molecule has 15 heavy (non-hydrogen) atoms. The lowest BCUT2D eigenvalue weighted by Gasteiger charge is -2.17. The summed E-state index contributed by atoms with van der Waals surface area (Å²) in [6.45, 7) is 9.76. The average Bonchev–Trinajstić information content (AvgIpc) is 2.12. The minimum atomic E-state index is -0.398. The monoisotopic (exact) mass is 207 g/mol. The predicted molar refractivity (Wildman–Crippen MR) is 64.2 cm³/mol. The SMILES string of the molecule is CCNCC(O)c1c(C)cc(C)cc1C. The van der Waals surface area contributed by atoms with Gasteiger partial charge in [-0.25, -0.2) is 0 Å². The van der Waals surface area contributed by atoms with Gasteiger partial charge in [-0.2, -0.15) is 0 Å². The highest BCUT2D eigenvalue weighted by Gasteiger charge is 2.12. The van der Waals surface area contributed by atoms with Gasteiger partial charge in [-0.15, -0.1) is 0 Å². The van der Waals surface area contributed by atoms with Crippen LogP contribution < -0.4 is 5.32 Å². The highest BCUT2D eigenvalue weighted by atomic mass is 16.3. The Labute approximate surface area is 92.3 Å². The second-order valence-electron chi connectivity index (χ2n) is 4.14. The van der Waals surface area contributed by atoms with Gasteiger partial charge in [0.15, 0.2) is 0 Å². The van der Waals surface area contributed by atoms with Crippen LogP contribution in [0.2, 0.25) is 0 Å². The fourth-order valence-corrected chi connectivity index (χ4v) is 2.10. The fourth-order valence-electron chi connectivity index (χ4n) is 2.10. The van der Waals surface area contributed by atoms with Gasteiger partial charge >= 0.3 is 0 Å². The summed E-state index contributed by atoms with van der Waals surface area (Å²) < 4.78 is 0. The van der Waals surface area contributed by atoms with Crippen molar-refractivity contribution in [1.82, 2.24) is 5.32 Å². The van der Waals surface area contributed by atoms with E-state index < -0.39 is 6.10 Å². The van der Waals surface area contributed by atoms with Crippen LogP contribution in [0, 0.1) is 20.8 Å². The molecule has 2 N–H and O–H groups in total. The van der Waals surface area contributed by atoms with E-state index in [2.05, 4.69) is 38.2 Å². The largest absolute Gasteiger partial charge is 0.387 e. The predicted octanol–water partition coefficient (Wildman–Crippen LogP) is 2.25. The Morgan fingerprint density at radius 1 is 1.20 bits per heavy atom. The summed E-state index contributed by atoms with van der Waals surface area (Å²) in [7, 11) is 0. The number of hydrogen-bond donors (Lipinski definition) is 2. The summed E-state index contributed by atoms with van der Waals surface area (Å²) in [6.07, 6.45) is -0.398. The molecule has 0 radical (unpaired) electrons. The van der Waals surface area contributed by atoms with Crippen LogP contribution in [-0.2, 0) is 0 Å². The number of hydrogen-bond acceptors (Lipinski definition) is 2. The third-order valence-electron chi connectivity index (χ3n) is 2.66. The molecule has 0 fully saturated rings. The molecule has 1 unspecified atom stereocenters. The number of benzene rings is 1. The first kappa shape index (κ1) is 12.2. The second-order valence-corrected chi connectivity index (χ2v) is 4.14. The van der Waals surface area contributed by atoms with Crippen molar-refractivity contribution >= 4 is 0 Å². The zero-order chi connectivity index (χ0) is 11.4.